The lowest BCUT2D eigenvalue weighted by atomic mass is 10.1. The van der Waals surface area contributed by atoms with Crippen molar-refractivity contribution in [2.24, 2.45) is 0 Å². The van der Waals surface area contributed by atoms with Crippen LogP contribution in [0.25, 0.3) is 0 Å². The average Bonchev–Trinajstić information content (AvgIpc) is 2.47. The summed E-state index contributed by atoms with van der Waals surface area (Å²) in [6.07, 6.45) is 2.24. The minimum absolute atomic E-state index is 0.484. The summed E-state index contributed by atoms with van der Waals surface area (Å²) in [7, 11) is 0. The van der Waals surface area contributed by atoms with Crippen LogP contribution in [0.1, 0.15) is 24.5 Å². The van der Waals surface area contributed by atoms with Crippen LogP contribution >= 0.6 is 27.5 Å². The van der Waals surface area contributed by atoms with E-state index < -0.39 is 0 Å². The molecule has 0 aliphatic rings. The highest BCUT2D eigenvalue weighted by molar-refractivity contribution is 9.10. The van der Waals surface area contributed by atoms with Gasteiger partial charge in [0, 0.05) is 17.1 Å². The summed E-state index contributed by atoms with van der Waals surface area (Å²) < 4.78 is 0.944. The quantitative estimate of drug-likeness (QED) is 0.752. The first-order valence-electron chi connectivity index (χ1n) is 6.86. The summed E-state index contributed by atoms with van der Waals surface area (Å²) in [6.45, 7) is 3.08. The fourth-order valence-corrected chi connectivity index (χ4v) is 2.52. The van der Waals surface area contributed by atoms with Crippen molar-refractivity contribution in [1.29, 1.82) is 0 Å². The van der Waals surface area contributed by atoms with Gasteiger partial charge in [-0.05, 0) is 59.0 Å². The third-order valence-corrected chi connectivity index (χ3v) is 4.58. The van der Waals surface area contributed by atoms with Crippen molar-refractivity contribution in [1.82, 2.24) is 5.32 Å². The van der Waals surface area contributed by atoms with Crippen LogP contribution in [0.4, 0.5) is 0 Å². The molecule has 0 fully saturated rings. The molecule has 2 rings (SSSR count). The van der Waals surface area contributed by atoms with E-state index in [0.717, 1.165) is 28.9 Å². The third-order valence-electron chi connectivity index (χ3n) is 3.35. The summed E-state index contributed by atoms with van der Waals surface area (Å²) in [6, 6.07) is 17.2. The summed E-state index contributed by atoms with van der Waals surface area (Å²) in [5.41, 5.74) is 2.61. The highest BCUT2D eigenvalue weighted by Gasteiger charge is 2.04. The van der Waals surface area contributed by atoms with E-state index in [4.69, 9.17) is 11.6 Å². The second-order valence-corrected chi connectivity index (χ2v) is 6.32. The summed E-state index contributed by atoms with van der Waals surface area (Å²) in [5, 5.41) is 4.31. The van der Waals surface area contributed by atoms with Gasteiger partial charge >= 0.3 is 0 Å². The Hall–Kier alpha value is -0.830. The fourth-order valence-electron chi connectivity index (χ4n) is 2.07. The molecule has 2 aromatic rings. The van der Waals surface area contributed by atoms with Gasteiger partial charge in [-0.1, -0.05) is 48.0 Å². The first kappa shape index (κ1) is 15.6. The molecule has 1 unspecified atom stereocenters. The molecule has 3 heteroatoms. The van der Waals surface area contributed by atoms with E-state index in [1.54, 1.807) is 0 Å². The Morgan fingerprint density at radius 1 is 1.10 bits per heavy atom. The van der Waals surface area contributed by atoms with Crippen LogP contribution < -0.4 is 5.32 Å². The smallest absolute Gasteiger partial charge is 0.0551 e. The summed E-state index contributed by atoms with van der Waals surface area (Å²) >= 11 is 9.50. The van der Waals surface area contributed by atoms with E-state index in [1.807, 2.05) is 12.1 Å². The first-order chi connectivity index (χ1) is 9.65. The maximum atomic E-state index is 6.10. The third kappa shape index (κ3) is 4.93. The molecular formula is C17H19BrClN. The van der Waals surface area contributed by atoms with E-state index in [0.29, 0.717) is 6.04 Å². The standard InChI is InChI=1S/C17H19BrClN/c1-13(7-8-14-5-3-2-4-6-14)20-12-15-9-10-16(18)17(19)11-15/h2-6,9-11,13,20H,7-8,12H2,1H3. The van der Waals surface area contributed by atoms with E-state index in [1.165, 1.54) is 11.1 Å². The van der Waals surface area contributed by atoms with E-state index in [9.17, 15) is 0 Å². The molecule has 0 saturated carbocycles. The van der Waals surface area contributed by atoms with Crippen LogP contribution in [-0.2, 0) is 13.0 Å². The zero-order valence-corrected chi connectivity index (χ0v) is 13.9. The van der Waals surface area contributed by atoms with Crippen molar-refractivity contribution in [2.45, 2.75) is 32.4 Å². The molecule has 0 heterocycles. The molecule has 0 radical (unpaired) electrons. The van der Waals surface area contributed by atoms with Gasteiger partial charge in [-0.3, -0.25) is 0 Å². The van der Waals surface area contributed by atoms with Gasteiger partial charge in [0.15, 0.2) is 0 Å². The normalized spacial score (nSPS) is 12.3. The number of aryl methyl sites for hydroxylation is 1. The topological polar surface area (TPSA) is 12.0 Å². The molecule has 0 amide bonds. The number of nitrogens with one attached hydrogen (secondary N) is 1. The van der Waals surface area contributed by atoms with Crippen molar-refractivity contribution in [3.05, 3.63) is 69.2 Å². The van der Waals surface area contributed by atoms with Crippen molar-refractivity contribution < 1.29 is 0 Å². The van der Waals surface area contributed by atoms with Crippen LogP contribution in [0.2, 0.25) is 5.02 Å². The van der Waals surface area contributed by atoms with Gasteiger partial charge in [0.2, 0.25) is 0 Å². The number of rotatable bonds is 6. The summed E-state index contributed by atoms with van der Waals surface area (Å²) in [4.78, 5) is 0. The van der Waals surface area contributed by atoms with E-state index in [-0.39, 0.29) is 0 Å². The Morgan fingerprint density at radius 3 is 2.55 bits per heavy atom. The van der Waals surface area contributed by atoms with Gasteiger partial charge in [-0.25, -0.2) is 0 Å². The van der Waals surface area contributed by atoms with Crippen molar-refractivity contribution in [3.8, 4) is 0 Å². The maximum Gasteiger partial charge on any atom is 0.0551 e. The molecule has 1 N–H and O–H groups in total. The van der Waals surface area contributed by atoms with Crippen LogP contribution in [-0.4, -0.2) is 6.04 Å². The van der Waals surface area contributed by atoms with Gasteiger partial charge in [0.05, 0.1) is 5.02 Å². The first-order valence-corrected chi connectivity index (χ1v) is 8.03. The van der Waals surface area contributed by atoms with Gasteiger partial charge < -0.3 is 5.32 Å². The molecule has 0 aliphatic heterocycles. The number of hydrogen-bond acceptors (Lipinski definition) is 1. The van der Waals surface area contributed by atoms with Crippen LogP contribution in [0.15, 0.2) is 53.0 Å². The zero-order valence-electron chi connectivity index (χ0n) is 11.6. The molecule has 0 aromatic heterocycles. The Balaban J connectivity index is 1.77. The Labute approximate surface area is 134 Å². The zero-order chi connectivity index (χ0) is 14.4. The second kappa shape index (κ2) is 7.82. The summed E-state index contributed by atoms with van der Waals surface area (Å²) in [5.74, 6) is 0. The van der Waals surface area contributed by atoms with Crippen molar-refractivity contribution >= 4 is 27.5 Å². The van der Waals surface area contributed by atoms with Crippen molar-refractivity contribution in [3.63, 3.8) is 0 Å². The Kier molecular flexibility index (Phi) is 6.08. The van der Waals surface area contributed by atoms with Gasteiger partial charge in [-0.15, -0.1) is 0 Å². The fraction of sp³-hybridized carbons (Fsp3) is 0.294. The van der Waals surface area contributed by atoms with E-state index in [2.05, 4.69) is 64.6 Å². The largest absolute Gasteiger partial charge is 0.310 e. The lowest BCUT2D eigenvalue weighted by Gasteiger charge is -2.14. The molecule has 106 valence electrons. The molecule has 0 saturated heterocycles. The van der Waals surface area contributed by atoms with Gasteiger partial charge in [0.25, 0.3) is 0 Å². The molecular weight excluding hydrogens is 334 g/mol. The number of hydrogen-bond donors (Lipinski definition) is 1. The Bertz CT molecular complexity index is 542. The minimum Gasteiger partial charge on any atom is -0.310 e. The minimum atomic E-state index is 0.484. The predicted molar refractivity (Wildman–Crippen MR) is 90.2 cm³/mol. The monoisotopic (exact) mass is 351 g/mol. The predicted octanol–water partition coefficient (Wildman–Crippen LogP) is 5.21. The molecule has 0 aliphatic carbocycles. The SMILES string of the molecule is CC(CCc1ccccc1)NCc1ccc(Br)c(Cl)c1. The molecule has 1 atom stereocenters. The van der Waals surface area contributed by atoms with Crippen molar-refractivity contribution in [2.75, 3.05) is 0 Å². The lowest BCUT2D eigenvalue weighted by molar-refractivity contribution is 0.514. The van der Waals surface area contributed by atoms with E-state index >= 15 is 0 Å². The van der Waals surface area contributed by atoms with Gasteiger partial charge in [-0.2, -0.15) is 0 Å². The van der Waals surface area contributed by atoms with Crippen LogP contribution in [0.3, 0.4) is 0 Å². The molecule has 20 heavy (non-hydrogen) atoms. The lowest BCUT2D eigenvalue weighted by Crippen LogP contribution is -2.25. The molecule has 0 spiro atoms. The molecule has 2 aromatic carbocycles. The average molecular weight is 353 g/mol. The number of benzene rings is 2. The van der Waals surface area contributed by atoms with Gasteiger partial charge in [0.1, 0.15) is 0 Å². The highest BCUT2D eigenvalue weighted by atomic mass is 79.9. The maximum absolute atomic E-state index is 6.10. The highest BCUT2D eigenvalue weighted by Crippen LogP contribution is 2.23. The van der Waals surface area contributed by atoms with Crippen LogP contribution in [0, 0.1) is 0 Å². The second-order valence-electron chi connectivity index (χ2n) is 5.05. The molecule has 1 nitrogen and oxygen atoms in total. The van der Waals surface area contributed by atoms with Crippen LogP contribution in [0.5, 0.6) is 0 Å². The number of halogens is 2. The molecule has 0 bridgehead atoms. The Morgan fingerprint density at radius 2 is 1.85 bits per heavy atom.